The number of benzene rings is 1. The lowest BCUT2D eigenvalue weighted by Crippen LogP contribution is -2.48. The molecular formula is C15H20N2O3. The van der Waals surface area contributed by atoms with Gasteiger partial charge in [-0.25, -0.2) is 0 Å². The summed E-state index contributed by atoms with van der Waals surface area (Å²) in [6, 6.07) is 7.15. The van der Waals surface area contributed by atoms with Crippen molar-refractivity contribution in [3.8, 4) is 0 Å². The van der Waals surface area contributed by atoms with Gasteiger partial charge in [0.1, 0.15) is 6.04 Å². The number of nitrogens with two attached hydrogens (primary N) is 1. The lowest BCUT2D eigenvalue weighted by atomic mass is 10.0. The van der Waals surface area contributed by atoms with Crippen LogP contribution >= 0.6 is 0 Å². The van der Waals surface area contributed by atoms with Gasteiger partial charge in [-0.1, -0.05) is 29.8 Å². The second-order valence-corrected chi connectivity index (χ2v) is 5.21. The highest BCUT2D eigenvalue weighted by Crippen LogP contribution is 2.13. The van der Waals surface area contributed by atoms with Crippen LogP contribution in [0.1, 0.15) is 17.5 Å². The number of amides is 2. The number of hydrogen-bond donors (Lipinski definition) is 2. The van der Waals surface area contributed by atoms with Gasteiger partial charge in [-0.15, -0.1) is 0 Å². The molecule has 0 aromatic heterocycles. The Bertz CT molecular complexity index is 478. The lowest BCUT2D eigenvalue weighted by molar-refractivity contribution is -0.129. The molecule has 1 aromatic carbocycles. The van der Waals surface area contributed by atoms with E-state index in [2.05, 4.69) is 5.32 Å². The van der Waals surface area contributed by atoms with E-state index in [1.54, 1.807) is 0 Å². The summed E-state index contributed by atoms with van der Waals surface area (Å²) in [5, 5.41) is 2.73. The largest absolute Gasteiger partial charge is 0.381 e. The molecule has 3 N–H and O–H groups in total. The summed E-state index contributed by atoms with van der Waals surface area (Å²) >= 11 is 0. The Morgan fingerprint density at radius 1 is 1.40 bits per heavy atom. The van der Waals surface area contributed by atoms with Gasteiger partial charge >= 0.3 is 0 Å². The number of ether oxygens (including phenoxy) is 1. The molecular weight excluding hydrogens is 256 g/mol. The van der Waals surface area contributed by atoms with Gasteiger partial charge in [-0.05, 0) is 18.9 Å². The zero-order valence-corrected chi connectivity index (χ0v) is 11.6. The number of nitrogens with one attached hydrogen (secondary N) is 1. The first-order valence-corrected chi connectivity index (χ1v) is 6.79. The molecule has 1 aliphatic rings. The van der Waals surface area contributed by atoms with Crippen LogP contribution in [0.25, 0.3) is 0 Å². The topological polar surface area (TPSA) is 81.4 Å². The molecule has 2 rings (SSSR count). The third kappa shape index (κ3) is 3.81. The standard InChI is InChI=1S/C15H20N2O3/c1-10-2-4-11(5-3-10)8-13(14(16)18)17-15(19)12-6-7-20-9-12/h2-5,12-13H,6-9H2,1H3,(H2,16,18)(H,17,19)/t12-,13+/m1/s1. The molecule has 0 aliphatic carbocycles. The van der Waals surface area contributed by atoms with Crippen LogP contribution in [0, 0.1) is 12.8 Å². The van der Waals surface area contributed by atoms with Gasteiger partial charge in [-0.2, -0.15) is 0 Å². The van der Waals surface area contributed by atoms with Crippen molar-refractivity contribution in [3.63, 3.8) is 0 Å². The van der Waals surface area contributed by atoms with Crippen LogP contribution in [0.3, 0.4) is 0 Å². The van der Waals surface area contributed by atoms with E-state index >= 15 is 0 Å². The van der Waals surface area contributed by atoms with E-state index in [0.29, 0.717) is 26.1 Å². The Morgan fingerprint density at radius 3 is 2.65 bits per heavy atom. The zero-order valence-electron chi connectivity index (χ0n) is 11.6. The van der Waals surface area contributed by atoms with Crippen molar-refractivity contribution in [1.29, 1.82) is 0 Å². The van der Waals surface area contributed by atoms with Crippen molar-refractivity contribution < 1.29 is 14.3 Å². The molecule has 1 aromatic rings. The second kappa shape index (κ2) is 6.52. The molecule has 5 nitrogen and oxygen atoms in total. The van der Waals surface area contributed by atoms with Crippen molar-refractivity contribution in [3.05, 3.63) is 35.4 Å². The summed E-state index contributed by atoms with van der Waals surface area (Å²) < 4.78 is 5.17. The summed E-state index contributed by atoms with van der Waals surface area (Å²) in [6.07, 6.45) is 1.11. The smallest absolute Gasteiger partial charge is 0.240 e. The van der Waals surface area contributed by atoms with Gasteiger partial charge in [0.15, 0.2) is 0 Å². The normalized spacial score (nSPS) is 19.6. The fraction of sp³-hybridized carbons (Fsp3) is 0.467. The first-order valence-electron chi connectivity index (χ1n) is 6.79. The monoisotopic (exact) mass is 276 g/mol. The number of primary amides is 1. The summed E-state index contributed by atoms with van der Waals surface area (Å²) in [7, 11) is 0. The Balaban J connectivity index is 1.98. The van der Waals surface area contributed by atoms with Gasteiger partial charge in [0.05, 0.1) is 12.5 Å². The minimum atomic E-state index is -0.675. The van der Waals surface area contributed by atoms with Crippen molar-refractivity contribution in [2.45, 2.75) is 25.8 Å². The minimum absolute atomic E-state index is 0.154. The van der Waals surface area contributed by atoms with Gasteiger partial charge in [0, 0.05) is 13.0 Å². The SMILES string of the molecule is Cc1ccc(C[C@H](NC(=O)[C@@H]2CCOC2)C(N)=O)cc1. The number of aryl methyl sites for hydroxylation is 1. The molecule has 0 bridgehead atoms. The minimum Gasteiger partial charge on any atom is -0.381 e. The molecule has 1 aliphatic heterocycles. The predicted octanol–water partition coefficient (Wildman–Crippen LogP) is 0.544. The third-order valence-electron chi connectivity index (χ3n) is 3.52. The average Bonchev–Trinajstić information content (AvgIpc) is 2.94. The first-order chi connectivity index (χ1) is 9.56. The maximum atomic E-state index is 12.0. The second-order valence-electron chi connectivity index (χ2n) is 5.21. The zero-order chi connectivity index (χ0) is 14.5. The van der Waals surface area contributed by atoms with E-state index in [0.717, 1.165) is 11.1 Å². The van der Waals surface area contributed by atoms with E-state index in [1.807, 2.05) is 31.2 Å². The van der Waals surface area contributed by atoms with Gasteiger partial charge in [0.2, 0.25) is 11.8 Å². The molecule has 0 radical (unpaired) electrons. The van der Waals surface area contributed by atoms with E-state index in [-0.39, 0.29) is 11.8 Å². The summed E-state index contributed by atoms with van der Waals surface area (Å²) in [5.74, 6) is -0.842. The molecule has 5 heteroatoms. The summed E-state index contributed by atoms with van der Waals surface area (Å²) in [4.78, 5) is 23.5. The molecule has 0 spiro atoms. The maximum Gasteiger partial charge on any atom is 0.240 e. The maximum absolute atomic E-state index is 12.0. The Kier molecular flexibility index (Phi) is 4.74. The van der Waals surface area contributed by atoms with E-state index in [9.17, 15) is 9.59 Å². The predicted molar refractivity (Wildman–Crippen MR) is 74.9 cm³/mol. The van der Waals surface area contributed by atoms with Crippen LogP contribution in [-0.4, -0.2) is 31.1 Å². The fourth-order valence-electron chi connectivity index (χ4n) is 2.21. The fourth-order valence-corrected chi connectivity index (χ4v) is 2.21. The summed E-state index contributed by atoms with van der Waals surface area (Å²) in [6.45, 7) is 3.01. The van der Waals surface area contributed by atoms with Crippen LogP contribution in [0.15, 0.2) is 24.3 Å². The molecule has 0 saturated carbocycles. The third-order valence-corrected chi connectivity index (χ3v) is 3.52. The molecule has 108 valence electrons. The molecule has 20 heavy (non-hydrogen) atoms. The Labute approximate surface area is 118 Å². The summed E-state index contributed by atoms with van der Waals surface area (Å²) in [5.41, 5.74) is 7.50. The van der Waals surface area contributed by atoms with E-state index in [4.69, 9.17) is 10.5 Å². The van der Waals surface area contributed by atoms with Crippen LogP contribution in [0.2, 0.25) is 0 Å². The van der Waals surface area contributed by atoms with Gasteiger partial charge in [0.25, 0.3) is 0 Å². The van der Waals surface area contributed by atoms with Crippen LogP contribution in [0.4, 0.5) is 0 Å². The molecule has 1 fully saturated rings. The van der Waals surface area contributed by atoms with Crippen LogP contribution < -0.4 is 11.1 Å². The molecule has 1 saturated heterocycles. The van der Waals surface area contributed by atoms with Crippen molar-refractivity contribution in [2.24, 2.45) is 11.7 Å². The highest BCUT2D eigenvalue weighted by atomic mass is 16.5. The van der Waals surface area contributed by atoms with Crippen LogP contribution in [0.5, 0.6) is 0 Å². The van der Waals surface area contributed by atoms with Crippen molar-refractivity contribution in [2.75, 3.05) is 13.2 Å². The molecule has 2 atom stereocenters. The van der Waals surface area contributed by atoms with Gasteiger partial charge < -0.3 is 15.8 Å². The molecule has 0 unspecified atom stereocenters. The average molecular weight is 276 g/mol. The quantitative estimate of drug-likeness (QED) is 0.823. The molecule has 2 amide bonds. The Hall–Kier alpha value is -1.88. The number of rotatable bonds is 5. The van der Waals surface area contributed by atoms with E-state index < -0.39 is 11.9 Å². The number of hydrogen-bond acceptors (Lipinski definition) is 3. The highest BCUT2D eigenvalue weighted by Gasteiger charge is 2.27. The van der Waals surface area contributed by atoms with Crippen molar-refractivity contribution in [1.82, 2.24) is 5.32 Å². The first kappa shape index (κ1) is 14.5. The lowest BCUT2D eigenvalue weighted by Gasteiger charge is -2.17. The number of carbonyl (C=O) groups excluding carboxylic acids is 2. The van der Waals surface area contributed by atoms with Crippen molar-refractivity contribution >= 4 is 11.8 Å². The van der Waals surface area contributed by atoms with E-state index in [1.165, 1.54) is 0 Å². The molecule has 1 heterocycles. The highest BCUT2D eigenvalue weighted by molar-refractivity contribution is 5.87. The van der Waals surface area contributed by atoms with Gasteiger partial charge in [-0.3, -0.25) is 9.59 Å². The number of carbonyl (C=O) groups is 2. The van der Waals surface area contributed by atoms with Crippen LogP contribution in [-0.2, 0) is 20.7 Å². The Morgan fingerprint density at radius 2 is 2.10 bits per heavy atom.